The maximum Gasteiger partial charge on any atom is 0.573 e. The van der Waals surface area contributed by atoms with Gasteiger partial charge in [0, 0.05) is 23.2 Å². The van der Waals surface area contributed by atoms with Crippen LogP contribution in [0, 0.1) is 11.6 Å². The lowest BCUT2D eigenvalue weighted by Gasteiger charge is -2.21. The molecule has 0 unspecified atom stereocenters. The first kappa shape index (κ1) is 33.5. The van der Waals surface area contributed by atoms with Gasteiger partial charge in [0.05, 0.1) is 11.7 Å². The molecule has 0 saturated carbocycles. The van der Waals surface area contributed by atoms with Gasteiger partial charge in [0.15, 0.2) is 11.6 Å². The van der Waals surface area contributed by atoms with Crippen molar-refractivity contribution in [1.82, 2.24) is 15.3 Å². The van der Waals surface area contributed by atoms with Crippen molar-refractivity contribution in [3.8, 4) is 11.6 Å². The summed E-state index contributed by atoms with van der Waals surface area (Å²) in [6.45, 7) is 5.35. The van der Waals surface area contributed by atoms with Gasteiger partial charge >= 0.3 is 12.5 Å². The number of halogens is 5. The van der Waals surface area contributed by atoms with E-state index >= 15 is 0 Å². The molecule has 0 aliphatic rings. The molecular formula is C31H29F5N4O4S. The molecule has 4 rings (SSSR count). The van der Waals surface area contributed by atoms with Crippen LogP contribution in [0.2, 0.25) is 0 Å². The molecular weight excluding hydrogens is 619 g/mol. The summed E-state index contributed by atoms with van der Waals surface area (Å²) in [6, 6.07) is 15.3. The Hall–Kier alpha value is -4.43. The van der Waals surface area contributed by atoms with Gasteiger partial charge in [-0.05, 0) is 62.2 Å². The molecule has 238 valence electrons. The summed E-state index contributed by atoms with van der Waals surface area (Å²) < 4.78 is 82.2. The zero-order valence-electron chi connectivity index (χ0n) is 24.3. The average molecular weight is 649 g/mol. The SMILES string of the molecule is CC(C)(C)OC(=O)Nc1cc(SCN[C@@H](c2ccc(OC(F)(F)F)c(F)c2)c2ncccc2F)cnc1OCc1ccccc1. The fourth-order valence-corrected chi connectivity index (χ4v) is 4.70. The number of thioether (sulfide) groups is 1. The lowest BCUT2D eigenvalue weighted by molar-refractivity contribution is -0.275. The van der Waals surface area contributed by atoms with Gasteiger partial charge in [-0.2, -0.15) is 0 Å². The minimum absolute atomic E-state index is 0.0842. The summed E-state index contributed by atoms with van der Waals surface area (Å²) in [7, 11) is 0. The van der Waals surface area contributed by atoms with E-state index in [2.05, 4.69) is 25.3 Å². The van der Waals surface area contributed by atoms with Crippen LogP contribution in [0.1, 0.15) is 43.6 Å². The molecule has 1 amide bonds. The van der Waals surface area contributed by atoms with Gasteiger partial charge in [-0.3, -0.25) is 15.6 Å². The predicted octanol–water partition coefficient (Wildman–Crippen LogP) is 8.01. The van der Waals surface area contributed by atoms with Crippen LogP contribution in [0.15, 0.2) is 84.0 Å². The number of alkyl halides is 3. The van der Waals surface area contributed by atoms with Gasteiger partial charge in [0.1, 0.15) is 23.7 Å². The average Bonchev–Trinajstić information content (AvgIpc) is 2.95. The molecule has 0 radical (unpaired) electrons. The second kappa shape index (κ2) is 14.6. The van der Waals surface area contributed by atoms with Crippen LogP contribution < -0.4 is 20.1 Å². The third-order valence-electron chi connectivity index (χ3n) is 5.78. The molecule has 2 aromatic heterocycles. The summed E-state index contributed by atoms with van der Waals surface area (Å²) >= 11 is 1.20. The van der Waals surface area contributed by atoms with Crippen molar-refractivity contribution in [2.45, 2.75) is 50.3 Å². The third-order valence-corrected chi connectivity index (χ3v) is 6.65. The Morgan fingerprint density at radius 1 is 0.956 bits per heavy atom. The third kappa shape index (κ3) is 10.3. The van der Waals surface area contributed by atoms with Crippen molar-refractivity contribution in [2.24, 2.45) is 0 Å². The number of rotatable bonds is 11. The van der Waals surface area contributed by atoms with Crippen LogP contribution in [0.5, 0.6) is 11.6 Å². The van der Waals surface area contributed by atoms with Crippen LogP contribution in [-0.2, 0) is 11.3 Å². The molecule has 0 saturated heterocycles. The van der Waals surface area contributed by atoms with Gasteiger partial charge in [0.25, 0.3) is 0 Å². The number of benzene rings is 2. The number of ether oxygens (including phenoxy) is 3. The smallest absolute Gasteiger partial charge is 0.471 e. The number of pyridine rings is 2. The Balaban J connectivity index is 1.54. The fourth-order valence-electron chi connectivity index (χ4n) is 3.95. The van der Waals surface area contributed by atoms with E-state index in [0.717, 1.165) is 23.8 Å². The molecule has 0 aliphatic heterocycles. The number of carbonyl (C=O) groups excluding carboxylic acids is 1. The Morgan fingerprint density at radius 2 is 1.71 bits per heavy atom. The lowest BCUT2D eigenvalue weighted by Crippen LogP contribution is -2.27. The Labute approximate surface area is 260 Å². The minimum Gasteiger partial charge on any atom is -0.471 e. The van der Waals surface area contributed by atoms with Crippen LogP contribution in [0.25, 0.3) is 0 Å². The van der Waals surface area contributed by atoms with E-state index in [1.807, 2.05) is 30.3 Å². The van der Waals surface area contributed by atoms with Crippen molar-refractivity contribution >= 4 is 23.5 Å². The molecule has 0 bridgehead atoms. The molecule has 4 aromatic rings. The molecule has 0 spiro atoms. The summed E-state index contributed by atoms with van der Waals surface area (Å²) in [5, 5.41) is 5.70. The standard InChI is InChI=1S/C31H29F5N4O4S/c1-30(2,3)44-29(41)40-24-15-21(16-38-28(24)42-17-19-8-5-4-6-9-19)45-18-39-26(27-22(32)10-7-13-37-27)20-11-12-25(23(33)14-20)43-31(34,35)36/h4-16,26,39H,17-18H2,1-3H3,(H,40,41)/t26-/m0/s1. The Morgan fingerprint density at radius 3 is 2.38 bits per heavy atom. The monoisotopic (exact) mass is 648 g/mol. The number of carbonyl (C=O) groups is 1. The predicted molar refractivity (Wildman–Crippen MR) is 158 cm³/mol. The maximum absolute atomic E-state index is 14.8. The quantitative estimate of drug-likeness (QED) is 0.0960. The highest BCUT2D eigenvalue weighted by Crippen LogP contribution is 2.32. The second-order valence-corrected chi connectivity index (χ2v) is 11.5. The van der Waals surface area contributed by atoms with Gasteiger partial charge in [-0.15, -0.1) is 24.9 Å². The first-order chi connectivity index (χ1) is 21.3. The first-order valence-electron chi connectivity index (χ1n) is 13.5. The van der Waals surface area contributed by atoms with E-state index in [9.17, 15) is 26.7 Å². The van der Waals surface area contributed by atoms with E-state index < -0.39 is 41.5 Å². The highest BCUT2D eigenvalue weighted by molar-refractivity contribution is 7.99. The summed E-state index contributed by atoms with van der Waals surface area (Å²) in [4.78, 5) is 21.5. The normalized spacial score (nSPS) is 12.4. The molecule has 14 heteroatoms. The van der Waals surface area contributed by atoms with E-state index in [-0.39, 0.29) is 35.3 Å². The number of hydrogen-bond acceptors (Lipinski definition) is 8. The number of anilines is 1. The van der Waals surface area contributed by atoms with Crippen molar-refractivity contribution in [2.75, 3.05) is 11.2 Å². The largest absolute Gasteiger partial charge is 0.573 e. The molecule has 45 heavy (non-hydrogen) atoms. The highest BCUT2D eigenvalue weighted by Gasteiger charge is 2.33. The maximum atomic E-state index is 14.8. The number of hydrogen-bond donors (Lipinski definition) is 2. The van der Waals surface area contributed by atoms with Crippen LogP contribution in [0.3, 0.4) is 0 Å². The number of nitrogens with zero attached hydrogens (tertiary/aromatic N) is 2. The fraction of sp³-hybridized carbons (Fsp3) is 0.258. The number of amides is 1. The van der Waals surface area contributed by atoms with E-state index in [4.69, 9.17) is 9.47 Å². The molecule has 2 heterocycles. The van der Waals surface area contributed by atoms with E-state index in [1.54, 1.807) is 26.8 Å². The van der Waals surface area contributed by atoms with Crippen molar-refractivity contribution in [3.05, 3.63) is 108 Å². The lowest BCUT2D eigenvalue weighted by atomic mass is 10.0. The summed E-state index contributed by atoms with van der Waals surface area (Å²) in [6.07, 6.45) is -2.96. The molecule has 2 N–H and O–H groups in total. The Bertz CT molecular complexity index is 1600. The zero-order valence-corrected chi connectivity index (χ0v) is 25.1. The van der Waals surface area contributed by atoms with Crippen molar-refractivity contribution in [1.29, 1.82) is 0 Å². The van der Waals surface area contributed by atoms with Crippen LogP contribution in [0.4, 0.5) is 32.4 Å². The summed E-state index contributed by atoms with van der Waals surface area (Å²) in [5.41, 5.74) is 0.366. The first-order valence-corrected chi connectivity index (χ1v) is 14.4. The van der Waals surface area contributed by atoms with E-state index in [0.29, 0.717) is 4.90 Å². The Kier molecular flexibility index (Phi) is 10.8. The number of aromatic nitrogens is 2. The minimum atomic E-state index is -5.09. The van der Waals surface area contributed by atoms with Crippen molar-refractivity contribution in [3.63, 3.8) is 0 Å². The van der Waals surface area contributed by atoms with E-state index in [1.165, 1.54) is 36.3 Å². The van der Waals surface area contributed by atoms with Gasteiger partial charge in [0.2, 0.25) is 5.88 Å². The van der Waals surface area contributed by atoms with Crippen LogP contribution >= 0.6 is 11.8 Å². The second-order valence-electron chi connectivity index (χ2n) is 10.5. The van der Waals surface area contributed by atoms with Crippen LogP contribution in [-0.4, -0.2) is 33.9 Å². The molecule has 1 atom stereocenters. The zero-order chi connectivity index (χ0) is 32.6. The summed E-state index contributed by atoms with van der Waals surface area (Å²) in [5.74, 6) is -2.78. The van der Waals surface area contributed by atoms with Gasteiger partial charge in [-0.25, -0.2) is 18.6 Å². The van der Waals surface area contributed by atoms with Crippen molar-refractivity contribution < 1.29 is 41.0 Å². The van der Waals surface area contributed by atoms with Gasteiger partial charge in [-0.1, -0.05) is 36.4 Å². The van der Waals surface area contributed by atoms with Gasteiger partial charge < -0.3 is 14.2 Å². The molecule has 8 nitrogen and oxygen atoms in total. The molecule has 0 fully saturated rings. The molecule has 2 aromatic carbocycles. The highest BCUT2D eigenvalue weighted by atomic mass is 32.2. The topological polar surface area (TPSA) is 94.6 Å². The number of nitrogens with one attached hydrogen (secondary N) is 2. The molecule has 0 aliphatic carbocycles.